The van der Waals surface area contributed by atoms with Gasteiger partial charge >= 0.3 is 5.69 Å². The van der Waals surface area contributed by atoms with Gasteiger partial charge in [-0.25, -0.2) is 17.8 Å². The Kier molecular flexibility index (Phi) is 6.15. The van der Waals surface area contributed by atoms with Crippen molar-refractivity contribution in [2.24, 2.45) is 4.99 Å². The van der Waals surface area contributed by atoms with E-state index in [1.54, 1.807) is 55.5 Å². The van der Waals surface area contributed by atoms with Gasteiger partial charge in [0.2, 0.25) is 5.88 Å². The van der Waals surface area contributed by atoms with Crippen molar-refractivity contribution in [3.63, 3.8) is 0 Å². The van der Waals surface area contributed by atoms with E-state index in [0.717, 1.165) is 16.3 Å². The molecule has 10 heteroatoms. The number of sulfonamides is 1. The smallest absolute Gasteiger partial charge is 0.335 e. The highest BCUT2D eigenvalue weighted by Gasteiger charge is 2.16. The number of hydrogen-bond acceptors (Lipinski definition) is 6. The zero-order valence-electron chi connectivity index (χ0n) is 18.0. The molecule has 4 aromatic rings. The number of H-pyrrole nitrogens is 1. The van der Waals surface area contributed by atoms with Crippen LogP contribution in [0.15, 0.2) is 98.3 Å². The standard InChI is InChI=1S/C24H20N4O5S/c1-16-7-5-6-10-21(16)27-34(32,33)19-13-11-17(12-14-19)25-15-20-22(29)26-24(31)28(23(20)30)18-8-3-2-4-9-18/h2-15,27,30H,1H3,(H,26,29,31). The molecule has 0 bridgehead atoms. The highest BCUT2D eigenvalue weighted by Crippen LogP contribution is 2.22. The fraction of sp³-hybridized carbons (Fsp3) is 0.0417. The van der Waals surface area contributed by atoms with Gasteiger partial charge in [0.1, 0.15) is 5.56 Å². The largest absolute Gasteiger partial charge is 0.493 e. The number of aromatic nitrogens is 2. The highest BCUT2D eigenvalue weighted by atomic mass is 32.2. The molecule has 0 saturated heterocycles. The molecule has 9 nitrogen and oxygen atoms in total. The van der Waals surface area contributed by atoms with E-state index in [4.69, 9.17) is 0 Å². The van der Waals surface area contributed by atoms with Crippen LogP contribution in [-0.4, -0.2) is 29.3 Å². The number of nitrogens with zero attached hydrogens (tertiary/aromatic N) is 2. The summed E-state index contributed by atoms with van der Waals surface area (Å²) in [5.74, 6) is -0.565. The molecule has 0 spiro atoms. The number of hydrogen-bond donors (Lipinski definition) is 3. The van der Waals surface area contributed by atoms with Crippen molar-refractivity contribution in [3.8, 4) is 11.6 Å². The van der Waals surface area contributed by atoms with Gasteiger partial charge in [0.25, 0.3) is 15.6 Å². The zero-order valence-corrected chi connectivity index (χ0v) is 18.8. The molecule has 1 aromatic heterocycles. The van der Waals surface area contributed by atoms with Crippen LogP contribution in [0.2, 0.25) is 0 Å². The summed E-state index contributed by atoms with van der Waals surface area (Å²) in [6.45, 7) is 1.80. The minimum atomic E-state index is -3.81. The second-order valence-corrected chi connectivity index (χ2v) is 9.02. The number of nitrogens with one attached hydrogen (secondary N) is 2. The second kappa shape index (κ2) is 9.20. The third kappa shape index (κ3) is 4.66. The average Bonchev–Trinajstić information content (AvgIpc) is 2.81. The number of aromatic amines is 1. The summed E-state index contributed by atoms with van der Waals surface area (Å²) in [4.78, 5) is 30.8. The summed E-state index contributed by atoms with van der Waals surface area (Å²) in [6.07, 6.45) is 1.11. The Morgan fingerprint density at radius 2 is 1.59 bits per heavy atom. The van der Waals surface area contributed by atoms with E-state index in [-0.39, 0.29) is 10.5 Å². The molecule has 1 heterocycles. The van der Waals surface area contributed by atoms with E-state index in [9.17, 15) is 23.1 Å². The molecule has 3 aromatic carbocycles. The lowest BCUT2D eigenvalue weighted by Crippen LogP contribution is -2.31. The lowest BCUT2D eigenvalue weighted by atomic mass is 10.2. The number of para-hydroxylation sites is 2. The lowest BCUT2D eigenvalue weighted by Gasteiger charge is -2.10. The summed E-state index contributed by atoms with van der Waals surface area (Å²) in [6, 6.07) is 21.0. The number of anilines is 1. The minimum Gasteiger partial charge on any atom is -0.493 e. The SMILES string of the molecule is Cc1ccccc1NS(=O)(=O)c1ccc(N=Cc2c(O)n(-c3ccccc3)c(=O)[nH]c2=O)cc1. The second-order valence-electron chi connectivity index (χ2n) is 7.34. The van der Waals surface area contributed by atoms with Gasteiger partial charge in [-0.15, -0.1) is 0 Å². The molecule has 34 heavy (non-hydrogen) atoms. The molecule has 0 saturated carbocycles. The minimum absolute atomic E-state index is 0.0352. The molecule has 0 radical (unpaired) electrons. The first-order valence-electron chi connectivity index (χ1n) is 10.1. The normalized spacial score (nSPS) is 11.6. The fourth-order valence-corrected chi connectivity index (χ4v) is 4.34. The molecule has 0 aliphatic carbocycles. The predicted molar refractivity (Wildman–Crippen MR) is 130 cm³/mol. The van der Waals surface area contributed by atoms with Crippen LogP contribution in [0.5, 0.6) is 5.88 Å². The monoisotopic (exact) mass is 476 g/mol. The number of rotatable bonds is 6. The van der Waals surface area contributed by atoms with E-state index >= 15 is 0 Å². The molecule has 0 aliphatic rings. The van der Waals surface area contributed by atoms with Crippen LogP contribution in [0.1, 0.15) is 11.1 Å². The first kappa shape index (κ1) is 22.7. The summed E-state index contributed by atoms with van der Waals surface area (Å²) in [7, 11) is -3.81. The van der Waals surface area contributed by atoms with Crippen molar-refractivity contribution in [1.82, 2.24) is 9.55 Å². The van der Waals surface area contributed by atoms with Crippen LogP contribution < -0.4 is 16.0 Å². The van der Waals surface area contributed by atoms with Crippen molar-refractivity contribution < 1.29 is 13.5 Å². The van der Waals surface area contributed by atoms with Gasteiger partial charge < -0.3 is 5.11 Å². The number of aryl methyl sites for hydroxylation is 1. The third-order valence-electron chi connectivity index (χ3n) is 5.01. The number of aliphatic imine (C=N–C) groups is 1. The van der Waals surface area contributed by atoms with Gasteiger partial charge in [-0.2, -0.15) is 0 Å². The van der Waals surface area contributed by atoms with Crippen molar-refractivity contribution in [3.05, 3.63) is 111 Å². The van der Waals surface area contributed by atoms with Crippen LogP contribution >= 0.6 is 0 Å². The van der Waals surface area contributed by atoms with E-state index in [0.29, 0.717) is 17.1 Å². The van der Waals surface area contributed by atoms with Gasteiger partial charge in [0.15, 0.2) is 0 Å². The molecule has 0 aliphatic heterocycles. The third-order valence-corrected chi connectivity index (χ3v) is 6.40. The lowest BCUT2D eigenvalue weighted by molar-refractivity contribution is 0.430. The molecule has 0 unspecified atom stereocenters. The van der Waals surface area contributed by atoms with Gasteiger partial charge in [-0.05, 0) is 55.0 Å². The van der Waals surface area contributed by atoms with Crippen molar-refractivity contribution in [1.29, 1.82) is 0 Å². The Bertz CT molecular complexity index is 1590. The van der Waals surface area contributed by atoms with Crippen LogP contribution in [-0.2, 0) is 10.0 Å². The maximum atomic E-state index is 12.7. The number of aromatic hydroxyl groups is 1. The Hall–Kier alpha value is -4.44. The zero-order chi connectivity index (χ0) is 24.3. The van der Waals surface area contributed by atoms with Crippen molar-refractivity contribution >= 4 is 27.6 Å². The molecular formula is C24H20N4O5S. The van der Waals surface area contributed by atoms with Gasteiger partial charge in [-0.1, -0.05) is 36.4 Å². The van der Waals surface area contributed by atoms with Gasteiger partial charge in [-0.3, -0.25) is 19.5 Å². The first-order chi connectivity index (χ1) is 16.3. The summed E-state index contributed by atoms with van der Waals surface area (Å²) in [5, 5.41) is 10.6. The maximum Gasteiger partial charge on any atom is 0.335 e. The Morgan fingerprint density at radius 3 is 2.26 bits per heavy atom. The molecule has 0 fully saturated rings. The molecule has 0 amide bonds. The van der Waals surface area contributed by atoms with Crippen LogP contribution in [0.4, 0.5) is 11.4 Å². The topological polar surface area (TPSA) is 134 Å². The summed E-state index contributed by atoms with van der Waals surface area (Å²) >= 11 is 0. The van der Waals surface area contributed by atoms with Gasteiger partial charge in [0, 0.05) is 6.21 Å². The van der Waals surface area contributed by atoms with E-state index in [1.165, 1.54) is 24.3 Å². The average molecular weight is 477 g/mol. The summed E-state index contributed by atoms with van der Waals surface area (Å²) < 4.78 is 28.9. The van der Waals surface area contributed by atoms with E-state index in [1.807, 2.05) is 6.07 Å². The van der Waals surface area contributed by atoms with E-state index < -0.39 is 27.2 Å². The molecule has 3 N–H and O–H groups in total. The predicted octanol–water partition coefficient (Wildman–Crippen LogP) is 3.09. The molecule has 172 valence electrons. The Balaban J connectivity index is 1.62. The maximum absolute atomic E-state index is 12.7. The van der Waals surface area contributed by atoms with Crippen molar-refractivity contribution in [2.45, 2.75) is 11.8 Å². The van der Waals surface area contributed by atoms with Gasteiger partial charge in [0.05, 0.1) is 22.0 Å². The quantitative estimate of drug-likeness (QED) is 0.368. The fourth-order valence-electron chi connectivity index (χ4n) is 3.21. The van der Waals surface area contributed by atoms with E-state index in [2.05, 4.69) is 14.7 Å². The molecule has 4 rings (SSSR count). The van der Waals surface area contributed by atoms with Crippen LogP contribution in [0.3, 0.4) is 0 Å². The highest BCUT2D eigenvalue weighted by molar-refractivity contribution is 7.92. The van der Waals surface area contributed by atoms with Crippen molar-refractivity contribution in [2.75, 3.05) is 4.72 Å². The summed E-state index contributed by atoms with van der Waals surface area (Å²) in [5.41, 5.74) is 0.155. The number of benzene rings is 3. The first-order valence-corrected chi connectivity index (χ1v) is 11.6. The Labute approximate surface area is 194 Å². The molecular weight excluding hydrogens is 456 g/mol. The Morgan fingerprint density at radius 1 is 0.941 bits per heavy atom. The van der Waals surface area contributed by atoms with Crippen LogP contribution in [0.25, 0.3) is 5.69 Å². The molecule has 0 atom stereocenters. The van der Waals surface area contributed by atoms with Crippen LogP contribution in [0, 0.1) is 6.92 Å².